The Labute approximate surface area is 123 Å². The Hall–Kier alpha value is -2.14. The summed E-state index contributed by atoms with van der Waals surface area (Å²) < 4.78 is 0. The van der Waals surface area contributed by atoms with Gasteiger partial charge in [-0.3, -0.25) is 15.0 Å². The summed E-state index contributed by atoms with van der Waals surface area (Å²) in [7, 11) is 0. The Morgan fingerprint density at radius 3 is 2.76 bits per heavy atom. The van der Waals surface area contributed by atoms with E-state index in [2.05, 4.69) is 35.9 Å². The van der Waals surface area contributed by atoms with Gasteiger partial charge in [0.05, 0.1) is 10.4 Å². The molecule has 0 saturated carbocycles. The van der Waals surface area contributed by atoms with E-state index in [1.807, 2.05) is 0 Å². The van der Waals surface area contributed by atoms with Crippen LogP contribution in [0.1, 0.15) is 26.0 Å². The molecule has 1 aliphatic rings. The Kier molecular flexibility index (Phi) is 3.51. The van der Waals surface area contributed by atoms with E-state index in [1.54, 1.807) is 18.2 Å². The Balaban J connectivity index is 1.90. The zero-order chi connectivity index (χ0) is 15.0. The molecule has 0 spiro atoms. The van der Waals surface area contributed by atoms with Crippen LogP contribution >= 0.6 is 0 Å². The minimum Gasteiger partial charge on any atom is -0.355 e. The summed E-state index contributed by atoms with van der Waals surface area (Å²) in [5.74, 6) is 0. The summed E-state index contributed by atoms with van der Waals surface area (Å²) >= 11 is 0. The van der Waals surface area contributed by atoms with Crippen LogP contribution in [0.4, 0.5) is 5.69 Å². The van der Waals surface area contributed by atoms with E-state index in [0.717, 1.165) is 36.1 Å². The fourth-order valence-corrected chi connectivity index (χ4v) is 2.80. The molecule has 0 radical (unpaired) electrons. The molecule has 5 heteroatoms. The topological polar surface area (TPSA) is 62.2 Å². The van der Waals surface area contributed by atoms with E-state index in [0.29, 0.717) is 6.04 Å². The van der Waals surface area contributed by atoms with Crippen molar-refractivity contribution in [2.75, 3.05) is 13.1 Å². The molecule has 0 fully saturated rings. The van der Waals surface area contributed by atoms with Crippen LogP contribution < -0.4 is 0 Å². The number of benzene rings is 1. The van der Waals surface area contributed by atoms with Crippen LogP contribution in [0, 0.1) is 10.1 Å². The maximum absolute atomic E-state index is 10.8. The van der Waals surface area contributed by atoms with Gasteiger partial charge in [0.15, 0.2) is 0 Å². The van der Waals surface area contributed by atoms with Gasteiger partial charge in [-0.15, -0.1) is 0 Å². The van der Waals surface area contributed by atoms with Crippen LogP contribution in [0.2, 0.25) is 0 Å². The number of nitrogens with one attached hydrogen (secondary N) is 1. The first-order chi connectivity index (χ1) is 10.0. The second-order valence-electron chi connectivity index (χ2n) is 5.78. The Morgan fingerprint density at radius 2 is 2.14 bits per heavy atom. The van der Waals surface area contributed by atoms with Gasteiger partial charge < -0.3 is 4.98 Å². The third-order valence-corrected chi connectivity index (χ3v) is 4.13. The third kappa shape index (κ3) is 2.69. The number of aromatic nitrogens is 1. The molecule has 1 aromatic heterocycles. The van der Waals surface area contributed by atoms with Crippen molar-refractivity contribution >= 4 is 22.2 Å². The zero-order valence-corrected chi connectivity index (χ0v) is 12.3. The largest absolute Gasteiger partial charge is 0.355 e. The van der Waals surface area contributed by atoms with Gasteiger partial charge in [0.25, 0.3) is 5.69 Å². The number of nitro benzene ring substituents is 1. The number of H-pyrrole nitrogens is 1. The average Bonchev–Trinajstić information content (AvgIpc) is 2.90. The second-order valence-corrected chi connectivity index (χ2v) is 5.78. The van der Waals surface area contributed by atoms with Gasteiger partial charge in [-0.2, -0.15) is 0 Å². The molecule has 1 N–H and O–H groups in total. The molecule has 1 aliphatic heterocycles. The van der Waals surface area contributed by atoms with Crippen LogP contribution in [0.5, 0.6) is 0 Å². The number of fused-ring (bicyclic) bond motifs is 1. The summed E-state index contributed by atoms with van der Waals surface area (Å²) in [6.07, 6.45) is 3.26. The average molecular weight is 285 g/mol. The molecule has 0 unspecified atom stereocenters. The van der Waals surface area contributed by atoms with Crippen molar-refractivity contribution in [1.82, 2.24) is 9.88 Å². The lowest BCUT2D eigenvalue weighted by Crippen LogP contribution is -2.34. The third-order valence-electron chi connectivity index (χ3n) is 4.13. The maximum Gasteiger partial charge on any atom is 0.271 e. The van der Waals surface area contributed by atoms with Gasteiger partial charge >= 0.3 is 0 Å². The van der Waals surface area contributed by atoms with E-state index < -0.39 is 0 Å². The van der Waals surface area contributed by atoms with Crippen molar-refractivity contribution in [3.05, 3.63) is 46.1 Å². The molecular formula is C16H19N3O2. The molecule has 1 aromatic carbocycles. The first-order valence-electron chi connectivity index (χ1n) is 7.25. The first-order valence-corrected chi connectivity index (χ1v) is 7.25. The smallest absolute Gasteiger partial charge is 0.271 e. The summed E-state index contributed by atoms with van der Waals surface area (Å²) in [6.45, 7) is 6.43. The molecule has 2 aromatic rings. The van der Waals surface area contributed by atoms with E-state index in [1.165, 1.54) is 5.57 Å². The maximum atomic E-state index is 10.8. The molecule has 0 atom stereocenters. The Morgan fingerprint density at radius 1 is 1.33 bits per heavy atom. The van der Waals surface area contributed by atoms with Crippen molar-refractivity contribution in [3.8, 4) is 0 Å². The number of hydrogen-bond donors (Lipinski definition) is 1. The Bertz CT molecular complexity index is 715. The van der Waals surface area contributed by atoms with Crippen molar-refractivity contribution in [2.24, 2.45) is 0 Å². The number of rotatable bonds is 3. The highest BCUT2D eigenvalue weighted by Gasteiger charge is 2.17. The minimum atomic E-state index is -0.361. The van der Waals surface area contributed by atoms with Crippen molar-refractivity contribution in [1.29, 1.82) is 0 Å². The van der Waals surface area contributed by atoms with Crippen LogP contribution in [0.3, 0.4) is 0 Å². The van der Waals surface area contributed by atoms with Crippen molar-refractivity contribution in [3.63, 3.8) is 0 Å². The molecule has 110 valence electrons. The molecule has 3 rings (SSSR count). The predicted octanol–water partition coefficient (Wildman–Crippen LogP) is 3.57. The molecule has 2 heterocycles. The quantitative estimate of drug-likeness (QED) is 0.692. The molecule has 5 nitrogen and oxygen atoms in total. The predicted molar refractivity (Wildman–Crippen MR) is 84.3 cm³/mol. The number of hydrogen-bond acceptors (Lipinski definition) is 3. The van der Waals surface area contributed by atoms with E-state index in [4.69, 9.17) is 0 Å². The fraction of sp³-hybridized carbons (Fsp3) is 0.375. The van der Waals surface area contributed by atoms with Crippen LogP contribution in [-0.2, 0) is 0 Å². The summed E-state index contributed by atoms with van der Waals surface area (Å²) in [4.78, 5) is 16.2. The summed E-state index contributed by atoms with van der Waals surface area (Å²) in [6, 6.07) is 7.60. The van der Waals surface area contributed by atoms with Gasteiger partial charge in [-0.25, -0.2) is 0 Å². The lowest BCUT2D eigenvalue weighted by Gasteiger charge is -2.29. The van der Waals surface area contributed by atoms with Gasteiger partial charge in [0.1, 0.15) is 0 Å². The first kappa shape index (κ1) is 13.8. The van der Waals surface area contributed by atoms with Crippen molar-refractivity contribution in [2.45, 2.75) is 26.3 Å². The van der Waals surface area contributed by atoms with E-state index >= 15 is 0 Å². The minimum absolute atomic E-state index is 0.125. The lowest BCUT2D eigenvalue weighted by atomic mass is 10.0. The molecule has 0 amide bonds. The zero-order valence-electron chi connectivity index (χ0n) is 12.3. The van der Waals surface area contributed by atoms with Gasteiger partial charge in [-0.1, -0.05) is 6.08 Å². The van der Waals surface area contributed by atoms with Crippen molar-refractivity contribution < 1.29 is 4.92 Å². The molecule has 0 saturated heterocycles. The fourth-order valence-electron chi connectivity index (χ4n) is 2.80. The SMILES string of the molecule is CC(C)N1CC=C(c2cc3ccc([N+](=O)[O-])cc3[nH]2)CC1. The molecule has 21 heavy (non-hydrogen) atoms. The highest BCUT2D eigenvalue weighted by Crippen LogP contribution is 2.28. The number of nitrogens with zero attached hydrogens (tertiary/aromatic N) is 2. The van der Waals surface area contributed by atoms with Crippen LogP contribution in [-0.4, -0.2) is 33.9 Å². The highest BCUT2D eigenvalue weighted by molar-refractivity contribution is 5.86. The lowest BCUT2D eigenvalue weighted by molar-refractivity contribution is -0.384. The molecule has 0 aliphatic carbocycles. The monoisotopic (exact) mass is 285 g/mol. The van der Waals surface area contributed by atoms with Gasteiger partial charge in [-0.05, 0) is 38.0 Å². The molecular weight excluding hydrogens is 266 g/mol. The molecule has 0 bridgehead atoms. The summed E-state index contributed by atoms with van der Waals surface area (Å²) in [5, 5.41) is 11.8. The van der Waals surface area contributed by atoms with E-state index in [-0.39, 0.29) is 10.6 Å². The van der Waals surface area contributed by atoms with Crippen LogP contribution in [0.15, 0.2) is 30.3 Å². The normalized spacial score (nSPS) is 16.4. The van der Waals surface area contributed by atoms with E-state index in [9.17, 15) is 10.1 Å². The number of nitro groups is 1. The van der Waals surface area contributed by atoms with Gasteiger partial charge in [0, 0.05) is 42.3 Å². The van der Waals surface area contributed by atoms with Gasteiger partial charge in [0.2, 0.25) is 0 Å². The standard InChI is InChI=1S/C16H19N3O2/c1-11(2)18-7-5-12(6-8-18)15-9-13-3-4-14(19(20)21)10-16(13)17-15/h3-5,9-11,17H,6-8H2,1-2H3. The second kappa shape index (κ2) is 5.33. The summed E-state index contributed by atoms with van der Waals surface area (Å²) in [5.41, 5.74) is 3.32. The van der Waals surface area contributed by atoms with Crippen LogP contribution in [0.25, 0.3) is 16.5 Å². The highest BCUT2D eigenvalue weighted by atomic mass is 16.6. The number of non-ortho nitro benzene ring substituents is 1. The number of aromatic amines is 1.